The molecule has 1 saturated carbocycles. The quantitative estimate of drug-likeness (QED) is 0.777. The van der Waals surface area contributed by atoms with E-state index in [0.29, 0.717) is 17.0 Å². The van der Waals surface area contributed by atoms with Crippen LogP contribution in [0.1, 0.15) is 25.1 Å². The summed E-state index contributed by atoms with van der Waals surface area (Å²) in [6, 6.07) is 0. The Morgan fingerprint density at radius 1 is 1.44 bits per heavy atom. The highest BCUT2D eigenvalue weighted by Crippen LogP contribution is 2.29. The molecule has 0 spiro atoms. The first-order chi connectivity index (χ1) is 7.39. The Morgan fingerprint density at radius 2 is 2.06 bits per heavy atom. The fourth-order valence-corrected chi connectivity index (χ4v) is 1.77. The molecule has 0 N–H and O–H groups in total. The van der Waals surface area contributed by atoms with E-state index in [1.54, 1.807) is 0 Å². The smallest absolute Gasteiger partial charge is 0.274 e. The topological polar surface area (TPSA) is 39.8 Å². The van der Waals surface area contributed by atoms with Crippen LogP contribution in [0.15, 0.2) is 4.79 Å². The standard InChI is InChI=1S/C9H12F3N3O/c1-14-7(9(10,11)12)13-15(8(14)16)5-6-3-2-4-6/h6H,2-5H2,1H3. The highest BCUT2D eigenvalue weighted by molar-refractivity contribution is 4.92. The van der Waals surface area contributed by atoms with E-state index in [9.17, 15) is 18.0 Å². The van der Waals surface area contributed by atoms with Gasteiger partial charge in [-0.3, -0.25) is 4.57 Å². The van der Waals surface area contributed by atoms with Crippen molar-refractivity contribution >= 4 is 0 Å². The van der Waals surface area contributed by atoms with Crippen LogP contribution >= 0.6 is 0 Å². The summed E-state index contributed by atoms with van der Waals surface area (Å²) in [6.45, 7) is 0.294. The van der Waals surface area contributed by atoms with Crippen LogP contribution < -0.4 is 5.69 Å². The zero-order chi connectivity index (χ0) is 11.9. The van der Waals surface area contributed by atoms with Crippen LogP contribution in [0.25, 0.3) is 0 Å². The van der Waals surface area contributed by atoms with E-state index in [1.165, 1.54) is 0 Å². The summed E-state index contributed by atoms with van der Waals surface area (Å²) in [5.74, 6) is -0.828. The summed E-state index contributed by atoms with van der Waals surface area (Å²) in [4.78, 5) is 11.5. The first kappa shape index (κ1) is 11.2. The van der Waals surface area contributed by atoms with Gasteiger partial charge in [-0.25, -0.2) is 9.48 Å². The molecule has 1 aromatic rings. The largest absolute Gasteiger partial charge is 0.451 e. The van der Waals surface area contributed by atoms with Crippen LogP contribution in [-0.4, -0.2) is 14.3 Å². The Morgan fingerprint density at radius 3 is 2.44 bits per heavy atom. The first-order valence-electron chi connectivity index (χ1n) is 5.10. The number of hydrogen-bond acceptors (Lipinski definition) is 2. The van der Waals surface area contributed by atoms with Crippen molar-refractivity contribution in [2.24, 2.45) is 13.0 Å². The highest BCUT2D eigenvalue weighted by Gasteiger charge is 2.38. The average Bonchev–Trinajstić information content (AvgIpc) is 2.37. The molecule has 16 heavy (non-hydrogen) atoms. The van der Waals surface area contributed by atoms with Gasteiger partial charge in [0.1, 0.15) is 0 Å². The summed E-state index contributed by atoms with van der Waals surface area (Å²) in [5.41, 5.74) is -0.695. The van der Waals surface area contributed by atoms with Crippen LogP contribution in [0, 0.1) is 5.92 Å². The van der Waals surface area contributed by atoms with Gasteiger partial charge in [0.2, 0.25) is 5.82 Å². The zero-order valence-corrected chi connectivity index (χ0v) is 8.79. The van der Waals surface area contributed by atoms with E-state index in [1.807, 2.05) is 0 Å². The molecule has 0 bridgehead atoms. The molecular formula is C9H12F3N3O. The molecule has 2 rings (SSSR count). The maximum atomic E-state index is 12.4. The van der Waals surface area contributed by atoms with Crippen molar-refractivity contribution in [3.8, 4) is 0 Å². The lowest BCUT2D eigenvalue weighted by atomic mass is 9.85. The molecule has 1 aliphatic rings. The molecule has 0 radical (unpaired) electrons. The normalized spacial score (nSPS) is 17.5. The molecule has 1 aromatic heterocycles. The molecule has 90 valence electrons. The molecule has 4 nitrogen and oxygen atoms in total. The van der Waals surface area contributed by atoms with Gasteiger partial charge in [-0.1, -0.05) is 6.42 Å². The number of alkyl halides is 3. The molecule has 0 aliphatic heterocycles. The Bertz CT molecular complexity index is 442. The minimum absolute atomic E-state index is 0.294. The van der Waals surface area contributed by atoms with Crippen LogP contribution in [0.5, 0.6) is 0 Å². The van der Waals surface area contributed by atoms with Gasteiger partial charge in [-0.2, -0.15) is 13.2 Å². The maximum absolute atomic E-state index is 12.4. The molecule has 0 saturated heterocycles. The van der Waals surface area contributed by atoms with Crippen molar-refractivity contribution in [2.45, 2.75) is 32.0 Å². The number of rotatable bonds is 2. The summed E-state index contributed by atoms with van der Waals surface area (Å²) >= 11 is 0. The Kier molecular flexibility index (Phi) is 2.55. The van der Waals surface area contributed by atoms with E-state index in [4.69, 9.17) is 0 Å². The predicted molar refractivity (Wildman–Crippen MR) is 49.8 cm³/mol. The van der Waals surface area contributed by atoms with Gasteiger partial charge in [0.15, 0.2) is 0 Å². The zero-order valence-electron chi connectivity index (χ0n) is 8.79. The molecule has 0 unspecified atom stereocenters. The van der Waals surface area contributed by atoms with Crippen LogP contribution in [0.3, 0.4) is 0 Å². The summed E-state index contributed by atoms with van der Waals surface area (Å²) in [5, 5.41) is 3.34. The van der Waals surface area contributed by atoms with Crippen molar-refractivity contribution in [2.75, 3.05) is 0 Å². The maximum Gasteiger partial charge on any atom is 0.451 e. The van der Waals surface area contributed by atoms with E-state index in [2.05, 4.69) is 5.10 Å². The monoisotopic (exact) mass is 235 g/mol. The minimum Gasteiger partial charge on any atom is -0.274 e. The fraction of sp³-hybridized carbons (Fsp3) is 0.778. The summed E-state index contributed by atoms with van der Waals surface area (Å²) in [7, 11) is 1.09. The molecule has 1 heterocycles. The fourth-order valence-electron chi connectivity index (χ4n) is 1.77. The second kappa shape index (κ2) is 3.64. The second-order valence-corrected chi connectivity index (χ2v) is 4.14. The van der Waals surface area contributed by atoms with Gasteiger partial charge in [0, 0.05) is 13.6 Å². The molecule has 0 amide bonds. The van der Waals surface area contributed by atoms with E-state index in [-0.39, 0.29) is 0 Å². The van der Waals surface area contributed by atoms with Gasteiger partial charge in [-0.05, 0) is 18.8 Å². The summed E-state index contributed by atoms with van der Waals surface area (Å²) < 4.78 is 38.8. The number of hydrogen-bond donors (Lipinski definition) is 0. The van der Waals surface area contributed by atoms with Gasteiger partial charge in [0.05, 0.1) is 0 Å². The molecule has 1 aliphatic carbocycles. The van der Waals surface area contributed by atoms with Crippen LogP contribution in [0.2, 0.25) is 0 Å². The van der Waals surface area contributed by atoms with E-state index in [0.717, 1.165) is 31.0 Å². The SMILES string of the molecule is Cn1c(C(F)(F)F)nn(CC2CCC2)c1=O. The minimum atomic E-state index is -4.57. The Labute approximate surface area is 89.7 Å². The van der Waals surface area contributed by atoms with Crippen LogP contribution in [0.4, 0.5) is 13.2 Å². The van der Waals surface area contributed by atoms with Crippen molar-refractivity contribution in [3.05, 3.63) is 16.3 Å². The Balaban J connectivity index is 2.29. The van der Waals surface area contributed by atoms with Gasteiger partial charge in [-0.15, -0.1) is 5.10 Å². The highest BCUT2D eigenvalue weighted by atomic mass is 19.4. The van der Waals surface area contributed by atoms with E-state index < -0.39 is 17.7 Å². The predicted octanol–water partition coefficient (Wildman–Crippen LogP) is 1.40. The van der Waals surface area contributed by atoms with Crippen molar-refractivity contribution in [1.29, 1.82) is 0 Å². The lowest BCUT2D eigenvalue weighted by molar-refractivity contribution is -0.147. The summed E-state index contributed by atoms with van der Waals surface area (Å²) in [6.07, 6.45) is -1.56. The third-order valence-electron chi connectivity index (χ3n) is 2.95. The lowest BCUT2D eigenvalue weighted by Crippen LogP contribution is -2.28. The Hall–Kier alpha value is -1.27. The third-order valence-corrected chi connectivity index (χ3v) is 2.95. The molecule has 7 heteroatoms. The van der Waals surface area contributed by atoms with Crippen molar-refractivity contribution in [3.63, 3.8) is 0 Å². The molecular weight excluding hydrogens is 223 g/mol. The van der Waals surface area contributed by atoms with E-state index >= 15 is 0 Å². The number of aromatic nitrogens is 3. The van der Waals surface area contributed by atoms with Crippen molar-refractivity contribution in [1.82, 2.24) is 14.3 Å². The number of halogens is 3. The lowest BCUT2D eigenvalue weighted by Gasteiger charge is -2.24. The molecule has 0 atom stereocenters. The molecule has 0 aromatic carbocycles. The average molecular weight is 235 g/mol. The molecule has 1 fully saturated rings. The second-order valence-electron chi connectivity index (χ2n) is 4.14. The van der Waals surface area contributed by atoms with Gasteiger partial charge >= 0.3 is 11.9 Å². The number of nitrogens with zero attached hydrogens (tertiary/aromatic N) is 3. The van der Waals surface area contributed by atoms with Gasteiger partial charge in [0.25, 0.3) is 0 Å². The first-order valence-corrected chi connectivity index (χ1v) is 5.10. The van der Waals surface area contributed by atoms with Gasteiger partial charge < -0.3 is 0 Å². The third kappa shape index (κ3) is 1.85. The van der Waals surface area contributed by atoms with Crippen molar-refractivity contribution < 1.29 is 13.2 Å². The van der Waals surface area contributed by atoms with Crippen LogP contribution in [-0.2, 0) is 19.8 Å².